The van der Waals surface area contributed by atoms with Crippen LogP contribution >= 0.6 is 27.5 Å². The average Bonchev–Trinajstić information content (AvgIpc) is 2.04. The van der Waals surface area contributed by atoms with Crippen LogP contribution in [0.25, 0.3) is 0 Å². The zero-order chi connectivity index (χ0) is 8.27. The van der Waals surface area contributed by atoms with Crippen LogP contribution in [0.2, 0.25) is 5.02 Å². The lowest BCUT2D eigenvalue weighted by Crippen LogP contribution is -1.98. The highest BCUT2D eigenvalue weighted by Gasteiger charge is 2.07. The molecule has 0 aliphatic rings. The molecule has 1 aromatic carbocycles. The first-order chi connectivity index (χ1) is 5.25. The minimum Gasteiger partial charge on any atom is -0.387 e. The van der Waals surface area contributed by atoms with Crippen molar-refractivity contribution in [2.45, 2.75) is 6.10 Å². The van der Waals surface area contributed by atoms with Gasteiger partial charge in [-0.25, -0.2) is 0 Å². The zero-order valence-electron chi connectivity index (χ0n) is 5.80. The molecule has 0 aliphatic heterocycles. The Kier molecular flexibility index (Phi) is 3.37. The van der Waals surface area contributed by atoms with Gasteiger partial charge in [-0.15, -0.1) is 0 Å². The first kappa shape index (κ1) is 9.04. The van der Waals surface area contributed by atoms with Gasteiger partial charge in [-0.05, 0) is 11.6 Å². The number of aliphatic hydroxyl groups excluding tert-OH is 1. The van der Waals surface area contributed by atoms with Gasteiger partial charge in [0.05, 0.1) is 6.10 Å². The lowest BCUT2D eigenvalue weighted by atomic mass is 10.1. The molecule has 0 amide bonds. The van der Waals surface area contributed by atoms with Gasteiger partial charge in [0.15, 0.2) is 0 Å². The minimum absolute atomic E-state index is 0.510. The highest BCUT2D eigenvalue weighted by Crippen LogP contribution is 2.23. The number of halogens is 2. The van der Waals surface area contributed by atoms with E-state index in [1.165, 1.54) is 0 Å². The summed E-state index contributed by atoms with van der Waals surface area (Å²) in [6.07, 6.45) is -0.510. The summed E-state index contributed by atoms with van der Waals surface area (Å²) >= 11 is 8.99. The maximum atomic E-state index is 9.38. The van der Waals surface area contributed by atoms with Crippen molar-refractivity contribution in [3.05, 3.63) is 34.9 Å². The first-order valence-electron chi connectivity index (χ1n) is 3.24. The standard InChI is InChI=1S/C8H8BrClO/c9-5-8(11)6-3-1-2-4-7(6)10/h1-4,8,11H,5H2/t8-/m1/s1. The molecule has 1 N–H and O–H groups in total. The van der Waals surface area contributed by atoms with Gasteiger partial charge in [0.25, 0.3) is 0 Å². The van der Waals surface area contributed by atoms with Crippen LogP contribution in [0, 0.1) is 0 Å². The lowest BCUT2D eigenvalue weighted by Gasteiger charge is -2.07. The lowest BCUT2D eigenvalue weighted by molar-refractivity contribution is 0.205. The fourth-order valence-corrected chi connectivity index (χ4v) is 1.44. The summed E-state index contributed by atoms with van der Waals surface area (Å²) in [4.78, 5) is 0. The van der Waals surface area contributed by atoms with E-state index >= 15 is 0 Å². The summed E-state index contributed by atoms with van der Waals surface area (Å²) in [5, 5.41) is 10.5. The molecule has 0 radical (unpaired) electrons. The van der Waals surface area contributed by atoms with Crippen molar-refractivity contribution in [1.82, 2.24) is 0 Å². The Balaban J connectivity index is 2.93. The van der Waals surface area contributed by atoms with Gasteiger partial charge in [0.2, 0.25) is 0 Å². The summed E-state index contributed by atoms with van der Waals surface area (Å²) in [5.41, 5.74) is 0.769. The Bertz CT molecular complexity index is 239. The molecule has 1 aromatic rings. The van der Waals surface area contributed by atoms with Crippen LogP contribution in [0.3, 0.4) is 0 Å². The predicted octanol–water partition coefficient (Wildman–Crippen LogP) is 2.77. The number of benzene rings is 1. The summed E-state index contributed by atoms with van der Waals surface area (Å²) < 4.78 is 0. The molecule has 1 atom stereocenters. The third kappa shape index (κ3) is 2.19. The Morgan fingerprint density at radius 1 is 1.45 bits per heavy atom. The summed E-state index contributed by atoms with van der Waals surface area (Å²) in [5.74, 6) is 0. The minimum atomic E-state index is -0.510. The van der Waals surface area contributed by atoms with Crippen molar-refractivity contribution in [3.8, 4) is 0 Å². The molecule has 0 bridgehead atoms. The van der Waals surface area contributed by atoms with Gasteiger partial charge in [0, 0.05) is 10.4 Å². The van der Waals surface area contributed by atoms with Gasteiger partial charge in [-0.1, -0.05) is 45.7 Å². The predicted molar refractivity (Wildman–Crippen MR) is 50.2 cm³/mol. The molecule has 0 saturated heterocycles. The second-order valence-electron chi connectivity index (χ2n) is 2.19. The summed E-state index contributed by atoms with van der Waals surface area (Å²) in [6.45, 7) is 0. The van der Waals surface area contributed by atoms with Crippen molar-refractivity contribution < 1.29 is 5.11 Å². The van der Waals surface area contributed by atoms with E-state index in [1.54, 1.807) is 6.07 Å². The van der Waals surface area contributed by atoms with E-state index in [9.17, 15) is 5.11 Å². The fourth-order valence-electron chi connectivity index (χ4n) is 0.828. The number of hydrogen-bond acceptors (Lipinski definition) is 1. The molecule has 1 rings (SSSR count). The van der Waals surface area contributed by atoms with Crippen molar-refractivity contribution in [2.75, 3.05) is 5.33 Å². The summed E-state index contributed by atoms with van der Waals surface area (Å²) in [7, 11) is 0. The van der Waals surface area contributed by atoms with Gasteiger partial charge in [0.1, 0.15) is 0 Å². The smallest absolute Gasteiger partial charge is 0.0901 e. The van der Waals surface area contributed by atoms with Crippen molar-refractivity contribution in [3.63, 3.8) is 0 Å². The molecule has 0 fully saturated rings. The molecule has 1 nitrogen and oxygen atoms in total. The maximum Gasteiger partial charge on any atom is 0.0901 e. The molecule has 3 heteroatoms. The summed E-state index contributed by atoms with van der Waals surface area (Å²) in [6, 6.07) is 7.27. The Labute approximate surface area is 79.1 Å². The quantitative estimate of drug-likeness (QED) is 0.782. The van der Waals surface area contributed by atoms with Crippen LogP contribution in [0.4, 0.5) is 0 Å². The average molecular weight is 236 g/mol. The van der Waals surface area contributed by atoms with Gasteiger partial charge in [-0.2, -0.15) is 0 Å². The number of hydrogen-bond donors (Lipinski definition) is 1. The molecule has 60 valence electrons. The SMILES string of the molecule is O[C@H](CBr)c1ccccc1Cl. The molecule has 0 heterocycles. The molecule has 0 aliphatic carbocycles. The molecule has 0 unspecified atom stereocenters. The van der Waals surface area contributed by atoms with E-state index in [-0.39, 0.29) is 0 Å². The second kappa shape index (κ2) is 4.10. The van der Waals surface area contributed by atoms with E-state index in [1.807, 2.05) is 18.2 Å². The van der Waals surface area contributed by atoms with Gasteiger partial charge < -0.3 is 5.11 Å². The molecule has 0 spiro atoms. The van der Waals surface area contributed by atoms with E-state index in [0.717, 1.165) is 5.56 Å². The number of alkyl halides is 1. The fraction of sp³-hybridized carbons (Fsp3) is 0.250. The van der Waals surface area contributed by atoms with Crippen molar-refractivity contribution in [2.24, 2.45) is 0 Å². The van der Waals surface area contributed by atoms with Crippen LogP contribution in [-0.2, 0) is 0 Å². The zero-order valence-corrected chi connectivity index (χ0v) is 8.14. The third-order valence-corrected chi connectivity index (χ3v) is 2.37. The maximum absolute atomic E-state index is 9.38. The number of aliphatic hydroxyl groups is 1. The van der Waals surface area contributed by atoms with Crippen LogP contribution in [0.15, 0.2) is 24.3 Å². The first-order valence-corrected chi connectivity index (χ1v) is 4.74. The number of rotatable bonds is 2. The molecule has 0 saturated carbocycles. The van der Waals surface area contributed by atoms with E-state index < -0.39 is 6.10 Å². The Morgan fingerprint density at radius 3 is 2.64 bits per heavy atom. The van der Waals surface area contributed by atoms with Gasteiger partial charge >= 0.3 is 0 Å². The monoisotopic (exact) mass is 234 g/mol. The topological polar surface area (TPSA) is 20.2 Å². The van der Waals surface area contributed by atoms with E-state index in [4.69, 9.17) is 11.6 Å². The molecule has 0 aromatic heterocycles. The van der Waals surface area contributed by atoms with Crippen molar-refractivity contribution >= 4 is 27.5 Å². The normalized spacial score (nSPS) is 13.0. The van der Waals surface area contributed by atoms with Crippen LogP contribution in [0.1, 0.15) is 11.7 Å². The van der Waals surface area contributed by atoms with Crippen LogP contribution < -0.4 is 0 Å². The molecular weight excluding hydrogens is 227 g/mol. The van der Waals surface area contributed by atoms with Crippen LogP contribution in [-0.4, -0.2) is 10.4 Å². The highest BCUT2D eigenvalue weighted by atomic mass is 79.9. The molecule has 11 heavy (non-hydrogen) atoms. The van der Waals surface area contributed by atoms with E-state index in [0.29, 0.717) is 10.4 Å². The Morgan fingerprint density at radius 2 is 2.09 bits per heavy atom. The highest BCUT2D eigenvalue weighted by molar-refractivity contribution is 9.09. The largest absolute Gasteiger partial charge is 0.387 e. The molecular formula is C8H8BrClO. The van der Waals surface area contributed by atoms with E-state index in [2.05, 4.69) is 15.9 Å². The Hall–Kier alpha value is -0.0500. The van der Waals surface area contributed by atoms with Crippen LogP contribution in [0.5, 0.6) is 0 Å². The van der Waals surface area contributed by atoms with Crippen molar-refractivity contribution in [1.29, 1.82) is 0 Å². The third-order valence-electron chi connectivity index (χ3n) is 1.41. The van der Waals surface area contributed by atoms with Gasteiger partial charge in [-0.3, -0.25) is 0 Å². The second-order valence-corrected chi connectivity index (χ2v) is 3.25.